The van der Waals surface area contributed by atoms with Crippen LogP contribution in [0.25, 0.3) is 0 Å². The van der Waals surface area contributed by atoms with Gasteiger partial charge in [0.1, 0.15) is 0 Å². The summed E-state index contributed by atoms with van der Waals surface area (Å²) in [5.74, 6) is 4.30. The highest BCUT2D eigenvalue weighted by Gasteiger charge is 2.52. The number of hydrogen-bond acceptors (Lipinski definition) is 2. The van der Waals surface area contributed by atoms with Gasteiger partial charge in [0.15, 0.2) is 0 Å². The lowest BCUT2D eigenvalue weighted by molar-refractivity contribution is -0.152. The number of nitrogens with one attached hydrogen (secondary N) is 1. The number of likely N-dealkylation sites (N-methyl/N-ethyl adjacent to an activating group) is 1. The molecule has 3 heteroatoms. The Morgan fingerprint density at radius 2 is 1.71 bits per heavy atom. The Balaban J connectivity index is 1.51. The average Bonchev–Trinajstić information content (AvgIpc) is 2.47. The van der Waals surface area contributed by atoms with E-state index in [9.17, 15) is 4.79 Å². The summed E-state index contributed by atoms with van der Waals surface area (Å²) in [5.41, 5.74) is 0. The standard InChI is InChI=1S/C18H30N2O/c1-19-11-16-4-2-3-5-20(16)18(21)17-14-7-12-6-13(9-14)10-15(17)8-12/h12-17,19H,2-11H2,1H3. The lowest BCUT2D eigenvalue weighted by Crippen LogP contribution is -2.56. The Morgan fingerprint density at radius 1 is 1.05 bits per heavy atom. The number of piperidine rings is 1. The predicted octanol–water partition coefficient (Wildman–Crippen LogP) is 2.66. The van der Waals surface area contributed by atoms with E-state index in [-0.39, 0.29) is 0 Å². The largest absolute Gasteiger partial charge is 0.338 e. The molecule has 4 saturated carbocycles. The molecule has 118 valence electrons. The van der Waals surface area contributed by atoms with Crippen LogP contribution in [0.4, 0.5) is 0 Å². The van der Waals surface area contributed by atoms with E-state index in [0.29, 0.717) is 17.9 Å². The first-order valence-electron chi connectivity index (χ1n) is 9.21. The Bertz CT molecular complexity index is 378. The van der Waals surface area contributed by atoms with E-state index in [0.717, 1.165) is 36.8 Å². The number of carbonyl (C=O) groups is 1. The van der Waals surface area contributed by atoms with Crippen molar-refractivity contribution < 1.29 is 4.79 Å². The van der Waals surface area contributed by atoms with Gasteiger partial charge in [0.25, 0.3) is 0 Å². The number of hydrogen-bond donors (Lipinski definition) is 1. The van der Waals surface area contributed by atoms with Crippen molar-refractivity contribution in [1.29, 1.82) is 0 Å². The molecule has 1 amide bonds. The number of nitrogens with zero attached hydrogens (tertiary/aromatic N) is 1. The van der Waals surface area contributed by atoms with Gasteiger partial charge in [-0.2, -0.15) is 0 Å². The van der Waals surface area contributed by atoms with Crippen LogP contribution >= 0.6 is 0 Å². The van der Waals surface area contributed by atoms with Crippen molar-refractivity contribution in [3.63, 3.8) is 0 Å². The van der Waals surface area contributed by atoms with Gasteiger partial charge in [-0.25, -0.2) is 0 Å². The van der Waals surface area contributed by atoms with Crippen molar-refractivity contribution in [2.75, 3.05) is 20.1 Å². The molecule has 1 aliphatic heterocycles. The number of amides is 1. The molecule has 21 heavy (non-hydrogen) atoms. The van der Waals surface area contributed by atoms with Gasteiger partial charge in [0, 0.05) is 25.0 Å². The van der Waals surface area contributed by atoms with Crippen LogP contribution in [0.5, 0.6) is 0 Å². The van der Waals surface area contributed by atoms with E-state index in [1.54, 1.807) is 0 Å². The Labute approximate surface area is 128 Å². The maximum absolute atomic E-state index is 13.3. The third-order valence-electron chi connectivity index (χ3n) is 6.86. The van der Waals surface area contributed by atoms with Gasteiger partial charge in [-0.15, -0.1) is 0 Å². The molecule has 1 N–H and O–H groups in total. The summed E-state index contributed by atoms with van der Waals surface area (Å²) in [7, 11) is 2.01. The molecule has 5 fully saturated rings. The third kappa shape index (κ3) is 2.42. The van der Waals surface area contributed by atoms with Gasteiger partial charge in [0.05, 0.1) is 0 Å². The highest BCUT2D eigenvalue weighted by Crippen LogP contribution is 2.57. The van der Waals surface area contributed by atoms with Gasteiger partial charge in [0.2, 0.25) is 5.91 Å². The quantitative estimate of drug-likeness (QED) is 0.866. The Kier molecular flexibility index (Phi) is 3.72. The first-order valence-corrected chi connectivity index (χ1v) is 9.21. The van der Waals surface area contributed by atoms with Crippen LogP contribution in [0, 0.1) is 29.6 Å². The van der Waals surface area contributed by atoms with Crippen molar-refractivity contribution >= 4 is 5.91 Å². The van der Waals surface area contributed by atoms with Crippen LogP contribution in [-0.2, 0) is 4.79 Å². The lowest BCUT2D eigenvalue weighted by atomic mass is 9.51. The topological polar surface area (TPSA) is 32.3 Å². The highest BCUT2D eigenvalue weighted by molar-refractivity contribution is 5.80. The molecule has 4 aliphatic carbocycles. The normalized spacial score (nSPS) is 45.1. The van der Waals surface area contributed by atoms with Gasteiger partial charge in [-0.3, -0.25) is 4.79 Å². The second-order valence-corrected chi connectivity index (χ2v) is 8.20. The molecule has 0 aromatic carbocycles. The van der Waals surface area contributed by atoms with Crippen LogP contribution in [0.3, 0.4) is 0 Å². The van der Waals surface area contributed by atoms with Crippen molar-refractivity contribution in [3.8, 4) is 0 Å². The maximum Gasteiger partial charge on any atom is 0.226 e. The third-order valence-corrected chi connectivity index (χ3v) is 6.86. The smallest absolute Gasteiger partial charge is 0.226 e. The SMILES string of the molecule is CNCC1CCCCN1C(=O)C1C2CC3CC(C2)CC1C3. The van der Waals surface area contributed by atoms with Crippen LogP contribution in [0.2, 0.25) is 0 Å². The Hall–Kier alpha value is -0.570. The van der Waals surface area contributed by atoms with Crippen molar-refractivity contribution in [2.45, 2.75) is 57.4 Å². The first-order chi connectivity index (χ1) is 10.3. The molecule has 1 atom stereocenters. The molecule has 5 rings (SSSR count). The summed E-state index contributed by atoms with van der Waals surface area (Å²) in [6.45, 7) is 1.98. The molecule has 0 radical (unpaired) electrons. The van der Waals surface area contributed by atoms with Crippen LogP contribution in [-0.4, -0.2) is 37.0 Å². The average molecular weight is 290 g/mol. The maximum atomic E-state index is 13.3. The zero-order valence-electron chi connectivity index (χ0n) is 13.4. The first kappa shape index (κ1) is 14.0. The van der Waals surface area contributed by atoms with Gasteiger partial charge < -0.3 is 10.2 Å². The molecule has 1 unspecified atom stereocenters. The summed E-state index contributed by atoms with van der Waals surface area (Å²) in [6, 6.07) is 0.452. The van der Waals surface area contributed by atoms with E-state index < -0.39 is 0 Å². The minimum absolute atomic E-state index is 0.384. The van der Waals surface area contributed by atoms with Crippen molar-refractivity contribution in [2.24, 2.45) is 29.6 Å². The van der Waals surface area contributed by atoms with E-state index in [2.05, 4.69) is 10.2 Å². The second kappa shape index (κ2) is 5.57. The molecule has 0 spiro atoms. The fourth-order valence-corrected chi connectivity index (χ4v) is 6.26. The Morgan fingerprint density at radius 3 is 2.33 bits per heavy atom. The van der Waals surface area contributed by atoms with Crippen molar-refractivity contribution in [1.82, 2.24) is 10.2 Å². The minimum atomic E-state index is 0.384. The second-order valence-electron chi connectivity index (χ2n) is 8.20. The molecular weight excluding hydrogens is 260 g/mol. The van der Waals surface area contributed by atoms with Crippen molar-refractivity contribution in [3.05, 3.63) is 0 Å². The summed E-state index contributed by atoms with van der Waals surface area (Å²) >= 11 is 0. The fourth-order valence-electron chi connectivity index (χ4n) is 6.26. The number of carbonyl (C=O) groups excluding carboxylic acids is 1. The monoisotopic (exact) mass is 290 g/mol. The summed E-state index contributed by atoms with van der Waals surface area (Å²) < 4.78 is 0. The summed E-state index contributed by atoms with van der Waals surface area (Å²) in [4.78, 5) is 15.5. The molecule has 3 nitrogen and oxygen atoms in total. The van der Waals surface area contributed by atoms with Crippen LogP contribution in [0.15, 0.2) is 0 Å². The molecule has 1 heterocycles. The molecule has 1 saturated heterocycles. The summed E-state index contributed by atoms with van der Waals surface area (Å²) in [5, 5.41) is 3.30. The molecule has 0 aromatic heterocycles. The molecule has 4 bridgehead atoms. The summed E-state index contributed by atoms with van der Waals surface area (Å²) in [6.07, 6.45) is 10.6. The minimum Gasteiger partial charge on any atom is -0.338 e. The van der Waals surface area contributed by atoms with E-state index in [1.165, 1.54) is 51.4 Å². The van der Waals surface area contributed by atoms with Gasteiger partial charge in [-0.1, -0.05) is 0 Å². The lowest BCUT2D eigenvalue weighted by Gasteiger charge is -2.55. The zero-order valence-corrected chi connectivity index (χ0v) is 13.4. The fraction of sp³-hybridized carbons (Fsp3) is 0.944. The molecule has 5 aliphatic rings. The highest BCUT2D eigenvalue weighted by atomic mass is 16.2. The zero-order chi connectivity index (χ0) is 14.4. The van der Waals surface area contributed by atoms with Crippen LogP contribution in [0.1, 0.15) is 51.4 Å². The van der Waals surface area contributed by atoms with E-state index in [1.807, 2.05) is 7.05 Å². The van der Waals surface area contributed by atoms with Gasteiger partial charge in [-0.05, 0) is 82.1 Å². The van der Waals surface area contributed by atoms with E-state index in [4.69, 9.17) is 0 Å². The number of likely N-dealkylation sites (tertiary alicyclic amines) is 1. The van der Waals surface area contributed by atoms with Crippen LogP contribution < -0.4 is 5.32 Å². The van der Waals surface area contributed by atoms with Gasteiger partial charge >= 0.3 is 0 Å². The molecular formula is C18H30N2O. The predicted molar refractivity (Wildman–Crippen MR) is 83.8 cm³/mol. The number of rotatable bonds is 3. The van der Waals surface area contributed by atoms with E-state index >= 15 is 0 Å². The molecule has 0 aromatic rings.